The molecule has 0 unspecified atom stereocenters. The summed E-state index contributed by atoms with van der Waals surface area (Å²) in [5, 5.41) is 19.4. The van der Waals surface area contributed by atoms with E-state index in [1.165, 1.54) is 28.9 Å². The number of nitrogens with zero attached hydrogens (tertiary/aromatic N) is 3. The molecule has 0 spiro atoms. The average molecular weight is 366 g/mol. The van der Waals surface area contributed by atoms with Gasteiger partial charge < -0.3 is 15.2 Å². The van der Waals surface area contributed by atoms with Crippen molar-refractivity contribution in [3.05, 3.63) is 35.7 Å². The molecule has 1 aliphatic carbocycles. The Kier molecular flexibility index (Phi) is 4.83. The number of carbonyl (C=O) groups is 2. The van der Waals surface area contributed by atoms with Crippen LogP contribution in [0.3, 0.4) is 0 Å². The van der Waals surface area contributed by atoms with Crippen molar-refractivity contribution in [2.24, 2.45) is 5.92 Å². The lowest BCUT2D eigenvalue weighted by molar-refractivity contribution is -0.145. The number of ether oxygens (including phenoxy) is 1. The Hall–Kier alpha value is -3.04. The molecule has 138 valence electrons. The van der Waals surface area contributed by atoms with Gasteiger partial charge in [-0.15, -0.1) is 5.10 Å². The maximum atomic E-state index is 12.3. The van der Waals surface area contributed by atoms with Crippen molar-refractivity contribution in [3.63, 3.8) is 0 Å². The number of hydrogen-bond donors (Lipinski definition) is 2. The number of amides is 1. The first kappa shape index (κ1) is 17.8. The van der Waals surface area contributed by atoms with Crippen LogP contribution in [-0.2, 0) is 4.79 Å². The lowest BCUT2D eigenvalue weighted by Crippen LogP contribution is -2.46. The van der Waals surface area contributed by atoms with E-state index < -0.39 is 24.4 Å². The van der Waals surface area contributed by atoms with Gasteiger partial charge in [-0.25, -0.2) is 4.68 Å². The van der Waals surface area contributed by atoms with Crippen molar-refractivity contribution in [1.82, 2.24) is 20.3 Å². The number of aliphatic carboxylic acids is 1. The van der Waals surface area contributed by atoms with Crippen molar-refractivity contribution in [1.29, 1.82) is 0 Å². The second-order valence-electron chi connectivity index (χ2n) is 5.98. The Balaban J connectivity index is 1.68. The van der Waals surface area contributed by atoms with Gasteiger partial charge in [-0.3, -0.25) is 9.59 Å². The Morgan fingerprint density at radius 1 is 1.31 bits per heavy atom. The highest BCUT2D eigenvalue weighted by Crippen LogP contribution is 2.27. The molecule has 1 aliphatic rings. The van der Waals surface area contributed by atoms with E-state index >= 15 is 0 Å². The van der Waals surface area contributed by atoms with Gasteiger partial charge in [0.2, 0.25) is 0 Å². The van der Waals surface area contributed by atoms with Crippen LogP contribution < -0.4 is 10.1 Å². The molecule has 0 saturated heterocycles. The van der Waals surface area contributed by atoms with Gasteiger partial charge in [-0.05, 0) is 44.0 Å². The number of hydrogen-bond acceptors (Lipinski definition) is 5. The molecular weight excluding hydrogens is 350 g/mol. The van der Waals surface area contributed by atoms with Crippen LogP contribution in [0.4, 0.5) is 8.78 Å². The van der Waals surface area contributed by atoms with Crippen LogP contribution in [-0.4, -0.2) is 44.6 Å². The standard InChI is InChI=1S/C16H16F2N4O4/c1-8-13(14(23)19-10-6-9(7-10)15(24)25)20-21-22(8)11-2-4-12(5-3-11)26-16(17)18/h2-5,9-10,16H,6-7H2,1H3,(H,19,23)(H,24,25). The Morgan fingerprint density at radius 2 is 1.96 bits per heavy atom. The number of aromatic nitrogens is 3. The predicted molar refractivity (Wildman–Crippen MR) is 84.3 cm³/mol. The third-order valence-electron chi connectivity index (χ3n) is 4.24. The maximum absolute atomic E-state index is 12.3. The Bertz CT molecular complexity index is 816. The molecule has 3 rings (SSSR count). The first-order valence-corrected chi connectivity index (χ1v) is 7.86. The minimum atomic E-state index is -2.91. The van der Waals surface area contributed by atoms with Crippen molar-refractivity contribution in [2.45, 2.75) is 32.4 Å². The van der Waals surface area contributed by atoms with E-state index in [-0.39, 0.29) is 17.5 Å². The summed E-state index contributed by atoms with van der Waals surface area (Å²) in [6.45, 7) is -1.25. The highest BCUT2D eigenvalue weighted by molar-refractivity contribution is 5.93. The average Bonchev–Trinajstić information content (AvgIpc) is 2.92. The summed E-state index contributed by atoms with van der Waals surface area (Å²) in [6.07, 6.45) is 0.777. The van der Waals surface area contributed by atoms with Crippen LogP contribution in [0.15, 0.2) is 24.3 Å². The molecule has 2 N–H and O–H groups in total. The first-order valence-electron chi connectivity index (χ1n) is 7.86. The number of alkyl halides is 2. The zero-order valence-electron chi connectivity index (χ0n) is 13.7. The fourth-order valence-electron chi connectivity index (χ4n) is 2.74. The number of carbonyl (C=O) groups excluding carboxylic acids is 1. The Morgan fingerprint density at radius 3 is 2.54 bits per heavy atom. The SMILES string of the molecule is Cc1c(C(=O)NC2CC(C(=O)O)C2)nnn1-c1ccc(OC(F)F)cc1. The Labute approximate surface area is 146 Å². The van der Waals surface area contributed by atoms with Gasteiger partial charge >= 0.3 is 12.6 Å². The second kappa shape index (κ2) is 7.06. The quantitative estimate of drug-likeness (QED) is 0.807. The molecule has 2 aromatic rings. The van der Waals surface area contributed by atoms with E-state index in [1.54, 1.807) is 6.92 Å². The van der Waals surface area contributed by atoms with E-state index in [2.05, 4.69) is 20.4 Å². The highest BCUT2D eigenvalue weighted by Gasteiger charge is 2.36. The minimum Gasteiger partial charge on any atom is -0.481 e. The zero-order chi connectivity index (χ0) is 18.8. The summed E-state index contributed by atoms with van der Waals surface area (Å²) in [6, 6.07) is 5.57. The summed E-state index contributed by atoms with van der Waals surface area (Å²) in [5.41, 5.74) is 1.13. The van der Waals surface area contributed by atoms with Gasteiger partial charge in [0, 0.05) is 6.04 Å². The number of rotatable bonds is 6. The van der Waals surface area contributed by atoms with Crippen molar-refractivity contribution in [3.8, 4) is 11.4 Å². The van der Waals surface area contributed by atoms with E-state index in [4.69, 9.17) is 5.11 Å². The van der Waals surface area contributed by atoms with Crippen LogP contribution in [0.5, 0.6) is 5.75 Å². The van der Waals surface area contributed by atoms with Gasteiger partial charge in [0.25, 0.3) is 5.91 Å². The molecule has 0 bridgehead atoms. The van der Waals surface area contributed by atoms with Gasteiger partial charge in [0.05, 0.1) is 17.3 Å². The fraction of sp³-hybridized carbons (Fsp3) is 0.375. The van der Waals surface area contributed by atoms with E-state index in [0.717, 1.165) is 0 Å². The molecule has 1 aromatic heterocycles. The van der Waals surface area contributed by atoms with Gasteiger partial charge in [-0.1, -0.05) is 5.21 Å². The van der Waals surface area contributed by atoms with Crippen LogP contribution in [0.2, 0.25) is 0 Å². The summed E-state index contributed by atoms with van der Waals surface area (Å²) < 4.78 is 30.0. The normalized spacial score (nSPS) is 19.1. The monoisotopic (exact) mass is 366 g/mol. The molecule has 1 amide bonds. The molecule has 0 radical (unpaired) electrons. The minimum absolute atomic E-state index is 0.0115. The molecule has 1 aromatic carbocycles. The van der Waals surface area contributed by atoms with Crippen molar-refractivity contribution in [2.75, 3.05) is 0 Å². The molecule has 0 atom stereocenters. The summed E-state index contributed by atoms with van der Waals surface area (Å²) >= 11 is 0. The molecule has 1 fully saturated rings. The fourth-order valence-corrected chi connectivity index (χ4v) is 2.74. The van der Waals surface area contributed by atoms with Crippen molar-refractivity contribution < 1.29 is 28.2 Å². The van der Waals surface area contributed by atoms with E-state index in [0.29, 0.717) is 24.2 Å². The van der Waals surface area contributed by atoms with Crippen LogP contribution in [0.25, 0.3) is 5.69 Å². The molecular formula is C16H16F2N4O4. The topological polar surface area (TPSA) is 106 Å². The number of carboxylic acids is 1. The van der Waals surface area contributed by atoms with Gasteiger partial charge in [0.15, 0.2) is 5.69 Å². The molecule has 0 aliphatic heterocycles. The predicted octanol–water partition coefficient (Wildman–Crippen LogP) is 1.77. The molecule has 1 saturated carbocycles. The number of halogens is 2. The van der Waals surface area contributed by atoms with E-state index in [1.807, 2.05) is 0 Å². The number of carboxylic acid groups (broad SMARTS) is 1. The van der Waals surface area contributed by atoms with Crippen LogP contribution in [0, 0.1) is 12.8 Å². The first-order chi connectivity index (χ1) is 12.3. The molecule has 26 heavy (non-hydrogen) atoms. The lowest BCUT2D eigenvalue weighted by Gasteiger charge is -2.32. The maximum Gasteiger partial charge on any atom is 0.387 e. The zero-order valence-corrected chi connectivity index (χ0v) is 13.7. The van der Waals surface area contributed by atoms with Crippen molar-refractivity contribution >= 4 is 11.9 Å². The molecule has 8 nitrogen and oxygen atoms in total. The largest absolute Gasteiger partial charge is 0.481 e. The number of benzene rings is 1. The van der Waals surface area contributed by atoms with Gasteiger partial charge in [0.1, 0.15) is 5.75 Å². The van der Waals surface area contributed by atoms with E-state index in [9.17, 15) is 18.4 Å². The summed E-state index contributed by atoms with van der Waals surface area (Å²) in [5.74, 6) is -1.71. The smallest absolute Gasteiger partial charge is 0.387 e. The summed E-state index contributed by atoms with van der Waals surface area (Å²) in [7, 11) is 0. The van der Waals surface area contributed by atoms with Gasteiger partial charge in [-0.2, -0.15) is 8.78 Å². The number of nitrogens with one attached hydrogen (secondary N) is 1. The lowest BCUT2D eigenvalue weighted by atomic mass is 9.80. The van der Waals surface area contributed by atoms with Crippen LogP contribution in [0.1, 0.15) is 29.0 Å². The third-order valence-corrected chi connectivity index (χ3v) is 4.24. The molecule has 1 heterocycles. The summed E-state index contributed by atoms with van der Waals surface area (Å²) in [4.78, 5) is 23.1. The second-order valence-corrected chi connectivity index (χ2v) is 5.98. The highest BCUT2D eigenvalue weighted by atomic mass is 19.3. The molecule has 10 heteroatoms. The van der Waals surface area contributed by atoms with Crippen LogP contribution >= 0.6 is 0 Å². The third kappa shape index (κ3) is 3.63.